The molecule has 98 valence electrons. The summed E-state index contributed by atoms with van der Waals surface area (Å²) in [6.07, 6.45) is 1.64. The summed E-state index contributed by atoms with van der Waals surface area (Å²) in [5.41, 5.74) is 6.20. The Hall–Kier alpha value is -2.35. The lowest BCUT2D eigenvalue weighted by atomic mass is 10.3. The molecular formula is C11H10F2N6. The number of aromatic amines is 1. The van der Waals surface area contributed by atoms with E-state index >= 15 is 0 Å². The van der Waals surface area contributed by atoms with Crippen LogP contribution in [0.5, 0.6) is 0 Å². The minimum Gasteiger partial charge on any atom is -0.336 e. The molecule has 0 aliphatic heterocycles. The number of nitrogens with one attached hydrogen (secondary N) is 1. The van der Waals surface area contributed by atoms with E-state index in [1.165, 1.54) is 6.07 Å². The SMILES string of the molecule is NCCn1cc(-c2nc3c(F)c(F)ccc3[nH]2)nn1. The van der Waals surface area contributed by atoms with Crippen LogP contribution in [0.15, 0.2) is 18.3 Å². The standard InChI is InChI=1S/C11H10F2N6/c12-6-1-2-7-10(9(6)13)16-11(15-7)8-5-19(4-3-14)18-17-8/h1-2,5H,3-4,14H2,(H,15,16). The van der Waals surface area contributed by atoms with Crippen molar-refractivity contribution in [1.82, 2.24) is 25.0 Å². The molecule has 19 heavy (non-hydrogen) atoms. The van der Waals surface area contributed by atoms with Crippen LogP contribution in [0.4, 0.5) is 8.78 Å². The average molecular weight is 264 g/mol. The Morgan fingerprint density at radius 3 is 2.95 bits per heavy atom. The molecule has 0 bridgehead atoms. The molecule has 2 heterocycles. The van der Waals surface area contributed by atoms with Crippen molar-refractivity contribution in [3.8, 4) is 11.5 Å². The number of fused-ring (bicyclic) bond motifs is 1. The second-order valence-corrected chi connectivity index (χ2v) is 4.00. The summed E-state index contributed by atoms with van der Waals surface area (Å²) in [6, 6.07) is 2.47. The van der Waals surface area contributed by atoms with Crippen molar-refractivity contribution in [1.29, 1.82) is 0 Å². The van der Waals surface area contributed by atoms with Crippen LogP contribution in [0, 0.1) is 11.6 Å². The highest BCUT2D eigenvalue weighted by molar-refractivity contribution is 5.79. The highest BCUT2D eigenvalue weighted by Gasteiger charge is 2.14. The third-order valence-corrected chi connectivity index (χ3v) is 2.69. The molecule has 0 radical (unpaired) electrons. The summed E-state index contributed by atoms with van der Waals surface area (Å²) < 4.78 is 28.2. The number of aromatic nitrogens is 5. The van der Waals surface area contributed by atoms with Crippen LogP contribution in [-0.4, -0.2) is 31.5 Å². The van der Waals surface area contributed by atoms with Gasteiger partial charge in [0, 0.05) is 6.54 Å². The Bertz CT molecular complexity index is 732. The summed E-state index contributed by atoms with van der Waals surface area (Å²) in [5.74, 6) is -1.57. The average Bonchev–Trinajstić information content (AvgIpc) is 3.01. The molecule has 0 fully saturated rings. The van der Waals surface area contributed by atoms with Crippen molar-refractivity contribution in [3.63, 3.8) is 0 Å². The summed E-state index contributed by atoms with van der Waals surface area (Å²) >= 11 is 0. The first-order valence-corrected chi connectivity index (χ1v) is 5.63. The van der Waals surface area contributed by atoms with Gasteiger partial charge in [-0.15, -0.1) is 5.10 Å². The molecule has 0 spiro atoms. The highest BCUT2D eigenvalue weighted by Crippen LogP contribution is 2.22. The lowest BCUT2D eigenvalue weighted by Crippen LogP contribution is -2.10. The molecule has 0 aliphatic carbocycles. The molecule has 0 amide bonds. The van der Waals surface area contributed by atoms with Crippen LogP contribution < -0.4 is 5.73 Å². The predicted octanol–water partition coefficient (Wildman–Crippen LogP) is 1.06. The van der Waals surface area contributed by atoms with Gasteiger partial charge in [-0.1, -0.05) is 5.21 Å². The summed E-state index contributed by atoms with van der Waals surface area (Å²) in [6.45, 7) is 0.957. The number of hydrogen-bond donors (Lipinski definition) is 2. The van der Waals surface area contributed by atoms with E-state index < -0.39 is 11.6 Å². The Balaban J connectivity index is 2.07. The summed E-state index contributed by atoms with van der Waals surface area (Å²) in [4.78, 5) is 6.87. The number of nitrogens with zero attached hydrogens (tertiary/aromatic N) is 4. The van der Waals surface area contributed by atoms with E-state index in [0.29, 0.717) is 30.1 Å². The van der Waals surface area contributed by atoms with Crippen LogP contribution in [0.3, 0.4) is 0 Å². The Morgan fingerprint density at radius 2 is 2.16 bits per heavy atom. The zero-order valence-corrected chi connectivity index (χ0v) is 9.77. The van der Waals surface area contributed by atoms with Crippen molar-refractivity contribution in [2.24, 2.45) is 5.73 Å². The van der Waals surface area contributed by atoms with Gasteiger partial charge in [0.1, 0.15) is 11.2 Å². The molecule has 3 rings (SSSR count). The van der Waals surface area contributed by atoms with Gasteiger partial charge in [-0.2, -0.15) is 0 Å². The molecular weight excluding hydrogens is 254 g/mol. The first kappa shape index (κ1) is 11.7. The zero-order valence-electron chi connectivity index (χ0n) is 9.77. The number of rotatable bonds is 3. The second kappa shape index (κ2) is 4.39. The van der Waals surface area contributed by atoms with Crippen LogP contribution >= 0.6 is 0 Å². The maximum Gasteiger partial charge on any atom is 0.186 e. The molecule has 3 aromatic rings. The number of imidazole rings is 1. The Kier molecular flexibility index (Phi) is 2.71. The fourth-order valence-electron chi connectivity index (χ4n) is 1.79. The molecule has 1 aromatic carbocycles. The minimum atomic E-state index is -0.977. The molecule has 8 heteroatoms. The van der Waals surface area contributed by atoms with E-state index in [-0.39, 0.29) is 5.52 Å². The Morgan fingerprint density at radius 1 is 1.32 bits per heavy atom. The number of benzene rings is 1. The van der Waals surface area contributed by atoms with Gasteiger partial charge in [0.25, 0.3) is 0 Å². The minimum absolute atomic E-state index is 0.0524. The van der Waals surface area contributed by atoms with Crippen molar-refractivity contribution in [2.75, 3.05) is 6.54 Å². The third kappa shape index (κ3) is 1.95. The lowest BCUT2D eigenvalue weighted by molar-refractivity contribution is 0.515. The van der Waals surface area contributed by atoms with Gasteiger partial charge in [-0.3, -0.25) is 4.68 Å². The van der Waals surface area contributed by atoms with Gasteiger partial charge in [0.15, 0.2) is 17.5 Å². The van der Waals surface area contributed by atoms with Crippen molar-refractivity contribution < 1.29 is 8.78 Å². The number of halogens is 2. The van der Waals surface area contributed by atoms with Crippen molar-refractivity contribution in [3.05, 3.63) is 30.0 Å². The highest BCUT2D eigenvalue weighted by atomic mass is 19.2. The molecule has 0 unspecified atom stereocenters. The molecule has 0 atom stereocenters. The van der Waals surface area contributed by atoms with Crippen LogP contribution in [0.1, 0.15) is 0 Å². The molecule has 0 aliphatic rings. The normalized spacial score (nSPS) is 11.3. The van der Waals surface area contributed by atoms with Crippen LogP contribution in [0.25, 0.3) is 22.6 Å². The van der Waals surface area contributed by atoms with Gasteiger partial charge in [-0.25, -0.2) is 13.8 Å². The lowest BCUT2D eigenvalue weighted by Gasteiger charge is -1.92. The van der Waals surface area contributed by atoms with Crippen molar-refractivity contribution in [2.45, 2.75) is 6.54 Å². The third-order valence-electron chi connectivity index (χ3n) is 2.69. The summed E-state index contributed by atoms with van der Waals surface area (Å²) in [7, 11) is 0. The molecule has 3 N–H and O–H groups in total. The summed E-state index contributed by atoms with van der Waals surface area (Å²) in [5, 5.41) is 7.75. The molecule has 0 saturated carbocycles. The van der Waals surface area contributed by atoms with E-state index in [0.717, 1.165) is 6.07 Å². The fraction of sp³-hybridized carbons (Fsp3) is 0.182. The van der Waals surface area contributed by atoms with Gasteiger partial charge in [-0.05, 0) is 12.1 Å². The van der Waals surface area contributed by atoms with E-state index in [1.807, 2.05) is 0 Å². The van der Waals surface area contributed by atoms with E-state index in [1.54, 1.807) is 10.9 Å². The predicted molar refractivity (Wildman–Crippen MR) is 64.1 cm³/mol. The van der Waals surface area contributed by atoms with Crippen LogP contribution in [0.2, 0.25) is 0 Å². The van der Waals surface area contributed by atoms with Gasteiger partial charge < -0.3 is 10.7 Å². The first-order valence-electron chi connectivity index (χ1n) is 5.63. The fourth-order valence-corrected chi connectivity index (χ4v) is 1.79. The van der Waals surface area contributed by atoms with Crippen molar-refractivity contribution >= 4 is 11.0 Å². The maximum absolute atomic E-state index is 13.5. The number of hydrogen-bond acceptors (Lipinski definition) is 4. The first-order chi connectivity index (χ1) is 9.19. The van der Waals surface area contributed by atoms with E-state index in [4.69, 9.17) is 5.73 Å². The van der Waals surface area contributed by atoms with E-state index in [9.17, 15) is 8.78 Å². The maximum atomic E-state index is 13.5. The number of nitrogens with two attached hydrogens (primary N) is 1. The monoisotopic (exact) mass is 264 g/mol. The molecule has 0 saturated heterocycles. The van der Waals surface area contributed by atoms with Gasteiger partial charge >= 0.3 is 0 Å². The van der Waals surface area contributed by atoms with Gasteiger partial charge in [0.2, 0.25) is 0 Å². The van der Waals surface area contributed by atoms with Crippen LogP contribution in [-0.2, 0) is 6.54 Å². The van der Waals surface area contributed by atoms with Gasteiger partial charge in [0.05, 0.1) is 18.3 Å². The quantitative estimate of drug-likeness (QED) is 0.740. The Labute approximate surface area is 106 Å². The number of H-pyrrole nitrogens is 1. The second-order valence-electron chi connectivity index (χ2n) is 4.00. The largest absolute Gasteiger partial charge is 0.336 e. The molecule has 6 nitrogen and oxygen atoms in total. The molecule has 2 aromatic heterocycles. The topological polar surface area (TPSA) is 85.4 Å². The van der Waals surface area contributed by atoms with E-state index in [2.05, 4.69) is 20.3 Å². The zero-order chi connectivity index (χ0) is 13.4. The smallest absolute Gasteiger partial charge is 0.186 e.